The molecule has 0 spiro atoms. The number of amides is 3. The Kier molecular flexibility index (Phi) is 4.64. The van der Waals surface area contributed by atoms with Crippen LogP contribution < -0.4 is 5.73 Å². The van der Waals surface area contributed by atoms with Crippen molar-refractivity contribution in [3.63, 3.8) is 0 Å². The highest BCUT2D eigenvalue weighted by Crippen LogP contribution is 2.30. The molecule has 2 heterocycles. The lowest BCUT2D eigenvalue weighted by Crippen LogP contribution is -2.48. The summed E-state index contributed by atoms with van der Waals surface area (Å²) in [6, 6.07) is 5.23. The maximum Gasteiger partial charge on any atom is 0.410 e. The first kappa shape index (κ1) is 18.2. The highest BCUT2D eigenvalue weighted by atomic mass is 16.6. The summed E-state index contributed by atoms with van der Waals surface area (Å²) in [6.07, 6.45) is 1.05. The largest absolute Gasteiger partial charge is 0.444 e. The number of carbonyl (C=O) groups is 3. The number of likely N-dealkylation sites (tertiary alicyclic amines) is 1. The Bertz CT molecular complexity index is 746. The zero-order valence-electron chi connectivity index (χ0n) is 15.4. The van der Waals surface area contributed by atoms with Crippen molar-refractivity contribution in [1.29, 1.82) is 0 Å². The van der Waals surface area contributed by atoms with Gasteiger partial charge in [-0.15, -0.1) is 0 Å². The van der Waals surface area contributed by atoms with Crippen LogP contribution in [-0.2, 0) is 11.3 Å². The number of nitrogens with zero attached hydrogens (tertiary/aromatic N) is 2. The molecule has 1 aromatic rings. The van der Waals surface area contributed by atoms with Gasteiger partial charge >= 0.3 is 6.09 Å². The van der Waals surface area contributed by atoms with E-state index in [9.17, 15) is 14.4 Å². The molecule has 7 nitrogen and oxygen atoms in total. The van der Waals surface area contributed by atoms with Gasteiger partial charge in [0.1, 0.15) is 5.60 Å². The van der Waals surface area contributed by atoms with E-state index in [0.29, 0.717) is 38.0 Å². The molecule has 140 valence electrons. The van der Waals surface area contributed by atoms with E-state index in [1.165, 1.54) is 0 Å². The van der Waals surface area contributed by atoms with Gasteiger partial charge in [0, 0.05) is 25.7 Å². The number of primary amides is 1. The van der Waals surface area contributed by atoms with Crippen molar-refractivity contribution in [1.82, 2.24) is 9.80 Å². The van der Waals surface area contributed by atoms with Gasteiger partial charge in [0.05, 0.1) is 11.1 Å². The van der Waals surface area contributed by atoms with Gasteiger partial charge in [-0.1, -0.05) is 12.1 Å². The fourth-order valence-electron chi connectivity index (χ4n) is 3.57. The highest BCUT2D eigenvalue weighted by Gasteiger charge is 2.37. The smallest absolute Gasteiger partial charge is 0.410 e. The van der Waals surface area contributed by atoms with Crippen molar-refractivity contribution in [2.24, 2.45) is 5.73 Å². The second kappa shape index (κ2) is 6.63. The van der Waals surface area contributed by atoms with E-state index in [1.807, 2.05) is 26.8 Å². The van der Waals surface area contributed by atoms with Crippen LogP contribution in [-0.4, -0.2) is 52.4 Å². The predicted molar refractivity (Wildman–Crippen MR) is 95.7 cm³/mol. The van der Waals surface area contributed by atoms with E-state index in [4.69, 9.17) is 10.5 Å². The minimum Gasteiger partial charge on any atom is -0.444 e. The molecule has 3 rings (SSSR count). The molecule has 0 aliphatic carbocycles. The summed E-state index contributed by atoms with van der Waals surface area (Å²) in [5.74, 6) is -0.734. The van der Waals surface area contributed by atoms with E-state index in [1.54, 1.807) is 21.9 Å². The van der Waals surface area contributed by atoms with Crippen molar-refractivity contribution >= 4 is 17.9 Å². The molecule has 26 heavy (non-hydrogen) atoms. The van der Waals surface area contributed by atoms with Crippen LogP contribution in [0.25, 0.3) is 0 Å². The number of hydrogen-bond donors (Lipinski definition) is 1. The van der Waals surface area contributed by atoms with Gasteiger partial charge < -0.3 is 20.3 Å². The van der Waals surface area contributed by atoms with E-state index in [2.05, 4.69) is 0 Å². The Morgan fingerprint density at radius 1 is 1.19 bits per heavy atom. The molecule has 0 radical (unpaired) electrons. The number of nitrogens with two attached hydrogens (primary N) is 1. The average Bonchev–Trinajstić information content (AvgIpc) is 2.90. The van der Waals surface area contributed by atoms with Crippen LogP contribution in [0.15, 0.2) is 18.2 Å². The molecule has 0 saturated carbocycles. The molecule has 0 aromatic heterocycles. The van der Waals surface area contributed by atoms with E-state index >= 15 is 0 Å². The lowest BCUT2D eigenvalue weighted by molar-refractivity contribution is 0.0148. The normalized spacial score (nSPS) is 18.0. The Hall–Kier alpha value is -2.57. The Morgan fingerprint density at radius 3 is 2.42 bits per heavy atom. The van der Waals surface area contributed by atoms with Crippen LogP contribution in [0, 0.1) is 0 Å². The molecule has 1 aromatic carbocycles. The van der Waals surface area contributed by atoms with Crippen molar-refractivity contribution in [2.45, 2.75) is 51.8 Å². The minimum atomic E-state index is -0.586. The molecule has 2 aliphatic heterocycles. The topological polar surface area (TPSA) is 92.9 Å². The molecule has 0 unspecified atom stereocenters. The molecule has 1 saturated heterocycles. The molecule has 0 atom stereocenters. The zero-order valence-corrected chi connectivity index (χ0v) is 15.4. The Morgan fingerprint density at radius 2 is 1.85 bits per heavy atom. The van der Waals surface area contributed by atoms with Crippen LogP contribution >= 0.6 is 0 Å². The third kappa shape index (κ3) is 3.52. The lowest BCUT2D eigenvalue weighted by atomic mass is 10.0. The number of hydrogen-bond acceptors (Lipinski definition) is 4. The molecule has 1 fully saturated rings. The summed E-state index contributed by atoms with van der Waals surface area (Å²) < 4.78 is 5.41. The number of ether oxygens (including phenoxy) is 1. The quantitative estimate of drug-likeness (QED) is 0.875. The first-order chi connectivity index (χ1) is 12.2. The number of rotatable bonds is 2. The minimum absolute atomic E-state index is 0.0364. The van der Waals surface area contributed by atoms with Crippen LogP contribution in [0.1, 0.15) is 59.9 Å². The lowest BCUT2D eigenvalue weighted by Gasteiger charge is -2.37. The summed E-state index contributed by atoms with van der Waals surface area (Å²) in [7, 11) is 0. The molecule has 2 N–H and O–H groups in total. The van der Waals surface area contributed by atoms with Crippen molar-refractivity contribution in [3.8, 4) is 0 Å². The van der Waals surface area contributed by atoms with Gasteiger partial charge in [-0.05, 0) is 45.2 Å². The second-order valence-corrected chi connectivity index (χ2v) is 7.84. The van der Waals surface area contributed by atoms with Crippen LogP contribution in [0.3, 0.4) is 0 Å². The maximum atomic E-state index is 12.8. The van der Waals surface area contributed by atoms with Crippen molar-refractivity contribution in [2.75, 3.05) is 13.1 Å². The summed E-state index contributed by atoms with van der Waals surface area (Å²) in [5, 5.41) is 0. The summed E-state index contributed by atoms with van der Waals surface area (Å²) in [4.78, 5) is 40.1. The zero-order chi connectivity index (χ0) is 19.1. The number of fused-ring (bicyclic) bond motifs is 1. The van der Waals surface area contributed by atoms with E-state index in [0.717, 1.165) is 5.56 Å². The molecular formula is C19H25N3O4. The Balaban J connectivity index is 1.66. The summed E-state index contributed by atoms with van der Waals surface area (Å²) >= 11 is 0. The van der Waals surface area contributed by atoms with Gasteiger partial charge in [-0.3, -0.25) is 9.59 Å². The third-order valence-electron chi connectivity index (χ3n) is 4.79. The fourth-order valence-corrected chi connectivity index (χ4v) is 3.57. The van der Waals surface area contributed by atoms with Crippen LogP contribution in [0.5, 0.6) is 0 Å². The highest BCUT2D eigenvalue weighted by molar-refractivity contribution is 6.09. The van der Waals surface area contributed by atoms with Gasteiger partial charge in [-0.25, -0.2) is 4.79 Å². The standard InChI is InChI=1S/C19H25N3O4/c1-19(2,3)26-18(25)21-9-7-13(8-10-21)22-11-12-5-4-6-14(16(20)23)15(12)17(22)24/h4-6,13H,7-11H2,1-3H3,(H2,20,23). The first-order valence-electron chi connectivity index (χ1n) is 8.88. The van der Waals surface area contributed by atoms with Crippen LogP contribution in [0.4, 0.5) is 4.79 Å². The van der Waals surface area contributed by atoms with Crippen LogP contribution in [0.2, 0.25) is 0 Å². The first-order valence-corrected chi connectivity index (χ1v) is 8.88. The average molecular weight is 359 g/mol. The van der Waals surface area contributed by atoms with E-state index in [-0.39, 0.29) is 23.6 Å². The third-order valence-corrected chi connectivity index (χ3v) is 4.79. The summed E-state index contributed by atoms with van der Waals surface area (Å²) in [5.41, 5.74) is 6.42. The van der Waals surface area contributed by atoms with Gasteiger partial charge in [0.25, 0.3) is 5.91 Å². The van der Waals surface area contributed by atoms with Gasteiger partial charge in [-0.2, -0.15) is 0 Å². The molecule has 3 amide bonds. The maximum absolute atomic E-state index is 12.8. The molecule has 7 heteroatoms. The Labute approximate surface area is 153 Å². The number of benzene rings is 1. The monoisotopic (exact) mass is 359 g/mol. The molecule has 0 bridgehead atoms. The second-order valence-electron chi connectivity index (χ2n) is 7.84. The molecule has 2 aliphatic rings. The van der Waals surface area contributed by atoms with Crippen molar-refractivity contribution in [3.05, 3.63) is 34.9 Å². The predicted octanol–water partition coefficient (Wildman–Crippen LogP) is 2.14. The molecular weight excluding hydrogens is 334 g/mol. The van der Waals surface area contributed by atoms with Gasteiger partial charge in [0.2, 0.25) is 5.91 Å². The fraction of sp³-hybridized carbons (Fsp3) is 0.526. The SMILES string of the molecule is CC(C)(C)OC(=O)N1CCC(N2Cc3cccc(C(N)=O)c3C2=O)CC1. The number of carbonyl (C=O) groups excluding carboxylic acids is 3. The van der Waals surface area contributed by atoms with Gasteiger partial charge in [0.15, 0.2) is 0 Å². The van der Waals surface area contributed by atoms with Crippen molar-refractivity contribution < 1.29 is 19.1 Å². The summed E-state index contributed by atoms with van der Waals surface area (Å²) in [6.45, 7) is 7.09. The number of piperidine rings is 1. The van der Waals surface area contributed by atoms with E-state index < -0.39 is 11.5 Å².